The predicted molar refractivity (Wildman–Crippen MR) is 89.6 cm³/mol. The first-order valence-electron chi connectivity index (χ1n) is 7.58. The van der Waals surface area contributed by atoms with Crippen LogP contribution in [-0.2, 0) is 11.8 Å². The van der Waals surface area contributed by atoms with Crippen molar-refractivity contribution in [1.82, 2.24) is 25.1 Å². The summed E-state index contributed by atoms with van der Waals surface area (Å²) in [7, 11) is 0. The number of rotatable bonds is 4. The van der Waals surface area contributed by atoms with E-state index in [0.29, 0.717) is 24.6 Å². The van der Waals surface area contributed by atoms with Gasteiger partial charge in [0, 0.05) is 18.4 Å². The maximum absolute atomic E-state index is 12.0. The lowest BCUT2D eigenvalue weighted by atomic mass is 9.93. The summed E-state index contributed by atoms with van der Waals surface area (Å²) in [5.41, 5.74) is 1.86. The van der Waals surface area contributed by atoms with Crippen molar-refractivity contribution in [2.75, 3.05) is 11.9 Å². The summed E-state index contributed by atoms with van der Waals surface area (Å²) in [6, 6.07) is 7.90. The van der Waals surface area contributed by atoms with Crippen molar-refractivity contribution in [1.29, 1.82) is 0 Å². The van der Waals surface area contributed by atoms with Gasteiger partial charge in [-0.05, 0) is 12.1 Å². The summed E-state index contributed by atoms with van der Waals surface area (Å²) in [5.74, 6) is 1.26. The van der Waals surface area contributed by atoms with Crippen molar-refractivity contribution in [2.45, 2.75) is 32.6 Å². The maximum Gasteiger partial charge on any atom is 0.274 e. The number of anilines is 1. The van der Waals surface area contributed by atoms with E-state index in [1.165, 1.54) is 0 Å². The van der Waals surface area contributed by atoms with Crippen molar-refractivity contribution in [3.05, 3.63) is 46.1 Å². The normalized spacial score (nSPS) is 11.8. The number of hydrogen-bond donors (Lipinski definition) is 3. The lowest BCUT2D eigenvalue weighted by Gasteiger charge is -2.15. The molecule has 0 amide bonds. The molecule has 0 radical (unpaired) electrons. The fraction of sp³-hybridized carbons (Fsp3) is 0.375. The van der Waals surface area contributed by atoms with E-state index >= 15 is 0 Å². The molecule has 0 aliphatic carbocycles. The fourth-order valence-electron chi connectivity index (χ4n) is 2.33. The van der Waals surface area contributed by atoms with Crippen molar-refractivity contribution in [3.63, 3.8) is 0 Å². The molecule has 7 nitrogen and oxygen atoms in total. The van der Waals surface area contributed by atoms with E-state index in [4.69, 9.17) is 0 Å². The van der Waals surface area contributed by atoms with Gasteiger partial charge >= 0.3 is 0 Å². The van der Waals surface area contributed by atoms with Gasteiger partial charge in [0.25, 0.3) is 5.56 Å². The second-order valence-electron chi connectivity index (χ2n) is 6.48. The molecule has 0 saturated carbocycles. The number of nitrogens with zero attached hydrogens (tertiary/aromatic N) is 3. The molecule has 0 aliphatic rings. The van der Waals surface area contributed by atoms with Crippen LogP contribution in [0.4, 0.5) is 5.95 Å². The number of aromatic amines is 2. The Kier molecular flexibility index (Phi) is 3.85. The number of fused-ring (bicyclic) bond motifs is 1. The van der Waals surface area contributed by atoms with Gasteiger partial charge in [0.15, 0.2) is 0 Å². The van der Waals surface area contributed by atoms with Gasteiger partial charge in [-0.2, -0.15) is 0 Å². The van der Waals surface area contributed by atoms with Crippen LogP contribution in [0.25, 0.3) is 11.0 Å². The van der Waals surface area contributed by atoms with Crippen LogP contribution in [0.2, 0.25) is 0 Å². The van der Waals surface area contributed by atoms with Crippen LogP contribution in [0, 0.1) is 0 Å². The molecule has 0 bridgehead atoms. The zero-order valence-corrected chi connectivity index (χ0v) is 13.5. The number of hydrogen-bond acceptors (Lipinski definition) is 5. The number of para-hydroxylation sites is 2. The smallest absolute Gasteiger partial charge is 0.274 e. The van der Waals surface area contributed by atoms with Crippen LogP contribution >= 0.6 is 0 Å². The quantitative estimate of drug-likeness (QED) is 0.684. The summed E-state index contributed by atoms with van der Waals surface area (Å²) in [6.07, 6.45) is 0.694. The molecular formula is C16H20N6O. The largest absolute Gasteiger partial charge is 0.354 e. The topological polar surface area (TPSA) is 99.3 Å². The zero-order chi connectivity index (χ0) is 16.4. The van der Waals surface area contributed by atoms with E-state index < -0.39 is 0 Å². The average Bonchev–Trinajstić information content (AvgIpc) is 2.88. The number of imidazole rings is 1. The van der Waals surface area contributed by atoms with Crippen molar-refractivity contribution in [3.8, 4) is 0 Å². The Hall–Kier alpha value is -2.70. The van der Waals surface area contributed by atoms with Gasteiger partial charge in [-0.15, -0.1) is 10.2 Å². The summed E-state index contributed by atoms with van der Waals surface area (Å²) in [4.78, 5) is 22.5. The fourth-order valence-corrected chi connectivity index (χ4v) is 2.33. The van der Waals surface area contributed by atoms with Gasteiger partial charge < -0.3 is 10.3 Å². The Balaban J connectivity index is 1.64. The predicted octanol–water partition coefficient (Wildman–Crippen LogP) is 1.99. The third kappa shape index (κ3) is 3.39. The average molecular weight is 312 g/mol. The third-order valence-corrected chi connectivity index (χ3v) is 3.50. The van der Waals surface area contributed by atoms with E-state index in [-0.39, 0.29) is 11.0 Å². The molecule has 2 aromatic heterocycles. The van der Waals surface area contributed by atoms with E-state index in [9.17, 15) is 4.79 Å². The molecule has 120 valence electrons. The van der Waals surface area contributed by atoms with Gasteiger partial charge in [-0.3, -0.25) is 9.78 Å². The second kappa shape index (κ2) is 5.83. The van der Waals surface area contributed by atoms with E-state index in [0.717, 1.165) is 16.9 Å². The van der Waals surface area contributed by atoms with Crippen molar-refractivity contribution < 1.29 is 0 Å². The molecule has 7 heteroatoms. The van der Waals surface area contributed by atoms with Gasteiger partial charge in [-0.1, -0.05) is 32.9 Å². The first-order valence-corrected chi connectivity index (χ1v) is 7.58. The zero-order valence-electron chi connectivity index (χ0n) is 13.5. The molecule has 0 spiro atoms. The maximum atomic E-state index is 12.0. The van der Waals surface area contributed by atoms with Gasteiger partial charge in [0.2, 0.25) is 5.95 Å². The highest BCUT2D eigenvalue weighted by molar-refractivity contribution is 5.74. The Labute approximate surface area is 133 Å². The van der Waals surface area contributed by atoms with Crippen LogP contribution in [0.5, 0.6) is 0 Å². The molecular weight excluding hydrogens is 292 g/mol. The summed E-state index contributed by atoms with van der Waals surface area (Å²) in [5, 5.41) is 11.1. The molecule has 0 unspecified atom stereocenters. The summed E-state index contributed by atoms with van der Waals surface area (Å²) in [6.45, 7) is 6.39. The Bertz CT molecular complexity index is 841. The lowest BCUT2D eigenvalue weighted by Crippen LogP contribution is -2.28. The molecule has 3 rings (SSSR count). The highest BCUT2D eigenvalue weighted by Crippen LogP contribution is 2.15. The Morgan fingerprint density at radius 2 is 1.91 bits per heavy atom. The minimum Gasteiger partial charge on any atom is -0.354 e. The Morgan fingerprint density at radius 1 is 1.13 bits per heavy atom. The van der Waals surface area contributed by atoms with Gasteiger partial charge in [0.05, 0.1) is 11.0 Å². The highest BCUT2D eigenvalue weighted by atomic mass is 16.1. The Morgan fingerprint density at radius 3 is 2.61 bits per heavy atom. The van der Waals surface area contributed by atoms with Crippen LogP contribution in [-0.4, -0.2) is 31.7 Å². The van der Waals surface area contributed by atoms with E-state index in [1.807, 2.05) is 45.0 Å². The molecule has 3 aromatic rings. The minimum absolute atomic E-state index is 0.210. The van der Waals surface area contributed by atoms with Crippen LogP contribution < -0.4 is 10.9 Å². The minimum atomic E-state index is -0.326. The molecule has 1 aromatic carbocycles. The molecule has 0 fully saturated rings. The highest BCUT2D eigenvalue weighted by Gasteiger charge is 2.20. The van der Waals surface area contributed by atoms with Gasteiger partial charge in [0.1, 0.15) is 11.5 Å². The number of H-pyrrole nitrogens is 2. The lowest BCUT2D eigenvalue weighted by molar-refractivity contribution is 0.547. The monoisotopic (exact) mass is 312 g/mol. The van der Waals surface area contributed by atoms with E-state index in [2.05, 4.69) is 30.5 Å². The molecule has 3 N–H and O–H groups in total. The molecule has 0 saturated heterocycles. The van der Waals surface area contributed by atoms with Crippen LogP contribution in [0.1, 0.15) is 32.3 Å². The second-order valence-corrected chi connectivity index (χ2v) is 6.48. The molecule has 0 aliphatic heterocycles. The SMILES string of the molecule is CC(C)(C)c1nnc(NCCc2nc3ccccc3[nH]2)[nH]c1=O. The van der Waals surface area contributed by atoms with Crippen LogP contribution in [0.3, 0.4) is 0 Å². The van der Waals surface area contributed by atoms with Crippen molar-refractivity contribution >= 4 is 17.0 Å². The third-order valence-electron chi connectivity index (χ3n) is 3.50. The number of nitrogens with one attached hydrogen (secondary N) is 3. The summed E-state index contributed by atoms with van der Waals surface area (Å²) < 4.78 is 0. The first-order chi connectivity index (χ1) is 10.9. The van der Waals surface area contributed by atoms with E-state index in [1.54, 1.807) is 0 Å². The molecule has 2 heterocycles. The first kappa shape index (κ1) is 15.2. The van der Waals surface area contributed by atoms with Crippen molar-refractivity contribution in [2.24, 2.45) is 0 Å². The van der Waals surface area contributed by atoms with Crippen LogP contribution in [0.15, 0.2) is 29.1 Å². The van der Waals surface area contributed by atoms with Gasteiger partial charge in [-0.25, -0.2) is 4.98 Å². The molecule has 0 atom stereocenters. The molecule has 23 heavy (non-hydrogen) atoms. The standard InChI is InChI=1S/C16H20N6O/c1-16(2,3)13-14(23)20-15(22-21-13)17-9-8-12-18-10-6-4-5-7-11(10)19-12/h4-7H,8-9H2,1-3H3,(H,18,19)(H2,17,20,22,23). The number of aromatic nitrogens is 5. The number of benzene rings is 1. The summed E-state index contributed by atoms with van der Waals surface area (Å²) >= 11 is 0.